The van der Waals surface area contributed by atoms with Gasteiger partial charge in [-0.3, -0.25) is 23.9 Å². The Morgan fingerprint density at radius 2 is 1.84 bits per heavy atom. The number of benzene rings is 1. The Morgan fingerprint density at radius 3 is 2.51 bits per heavy atom. The van der Waals surface area contributed by atoms with E-state index in [0.717, 1.165) is 12.1 Å². The number of nitrogens with zero attached hydrogens (tertiary/aromatic N) is 6. The summed E-state index contributed by atoms with van der Waals surface area (Å²) in [7, 11) is 1.48. The van der Waals surface area contributed by atoms with Crippen LogP contribution in [-0.2, 0) is 9.59 Å². The fraction of sp³-hybridized carbons (Fsp3) is 0.303. The third kappa shape index (κ3) is 4.46. The van der Waals surface area contributed by atoms with Gasteiger partial charge in [0.1, 0.15) is 29.0 Å². The molecule has 0 aliphatic carbocycles. The second-order valence-corrected chi connectivity index (χ2v) is 11.8. The molecule has 1 fully saturated rings. The van der Waals surface area contributed by atoms with Crippen LogP contribution in [-0.4, -0.2) is 68.6 Å². The van der Waals surface area contributed by atoms with Gasteiger partial charge in [0.2, 0.25) is 5.91 Å². The summed E-state index contributed by atoms with van der Waals surface area (Å²) in [5.41, 5.74) is 0.392. The molecule has 0 radical (unpaired) electrons. The van der Waals surface area contributed by atoms with Crippen molar-refractivity contribution in [2.24, 2.45) is 0 Å². The molecule has 2 unspecified atom stereocenters. The van der Waals surface area contributed by atoms with Crippen LogP contribution >= 0.6 is 0 Å². The van der Waals surface area contributed by atoms with E-state index in [1.165, 1.54) is 39.6 Å². The van der Waals surface area contributed by atoms with Gasteiger partial charge in [0.05, 0.1) is 29.2 Å². The lowest BCUT2D eigenvalue weighted by Gasteiger charge is -2.50. The number of aromatic hydroxyl groups is 1. The summed E-state index contributed by atoms with van der Waals surface area (Å²) >= 11 is 0. The molecular formula is C33H32F2N6O4. The molecule has 2 amide bonds. The van der Waals surface area contributed by atoms with Gasteiger partial charge in [-0.2, -0.15) is 0 Å². The van der Waals surface area contributed by atoms with Crippen molar-refractivity contribution in [3.05, 3.63) is 82.4 Å². The maximum absolute atomic E-state index is 16.2. The lowest BCUT2D eigenvalue weighted by Crippen LogP contribution is -2.66. The van der Waals surface area contributed by atoms with E-state index < -0.39 is 52.2 Å². The average molecular weight is 615 g/mol. The van der Waals surface area contributed by atoms with E-state index in [9.17, 15) is 19.5 Å². The van der Waals surface area contributed by atoms with Crippen LogP contribution in [0.25, 0.3) is 28.0 Å². The van der Waals surface area contributed by atoms with Crippen LogP contribution in [0.4, 0.5) is 20.2 Å². The minimum atomic E-state index is -0.938. The zero-order chi connectivity index (χ0) is 32.5. The van der Waals surface area contributed by atoms with Crippen LogP contribution in [0.1, 0.15) is 37.9 Å². The molecule has 2 atom stereocenters. The number of carbonyl (C=O) groups excluding carboxylic acids is 2. The molecular weight excluding hydrogens is 582 g/mol. The number of likely N-dealkylation sites (N-methyl/N-ethyl adjacent to an activating group) is 1. The monoisotopic (exact) mass is 614 g/mol. The summed E-state index contributed by atoms with van der Waals surface area (Å²) < 4.78 is 32.6. The number of phenols is 1. The fourth-order valence-electron chi connectivity index (χ4n) is 6.53. The van der Waals surface area contributed by atoms with Gasteiger partial charge in [-0.1, -0.05) is 26.5 Å². The second kappa shape index (κ2) is 10.8. The Balaban J connectivity index is 1.77. The Bertz CT molecular complexity index is 1970. The standard InChI is InChI=1S/C33H32F2N6O4/c1-7-24(43)39-14-18(5)40-22(15-39)32(44)38(6)30-29(40)19-13-21(35)27(25-20(34)9-8-10-23(25)42)37-31(19)41(33(30)45)28-17(4)11-12-36-26(28)16(2)3/h7-13,16,18,22,42H,1,14-15H2,2-6H3. The summed E-state index contributed by atoms with van der Waals surface area (Å²) in [5.74, 6) is -3.24. The number of halogens is 2. The molecule has 12 heteroatoms. The van der Waals surface area contributed by atoms with Crippen LogP contribution in [0.2, 0.25) is 0 Å². The molecule has 10 nitrogen and oxygen atoms in total. The minimum absolute atomic E-state index is 0.00546. The quantitative estimate of drug-likeness (QED) is 0.339. The number of aromatic nitrogens is 3. The Labute approximate surface area is 257 Å². The number of rotatable bonds is 4. The first-order chi connectivity index (χ1) is 21.4. The molecule has 232 valence electrons. The first-order valence-electron chi connectivity index (χ1n) is 14.6. The molecule has 1 aromatic carbocycles. The number of phenolic OH excluding ortho intramolecular Hbond substituents is 1. The first kappa shape index (κ1) is 29.9. The van der Waals surface area contributed by atoms with E-state index in [0.29, 0.717) is 16.9 Å². The SMILES string of the molecule is C=CC(=O)N1CC(C)N2c3c(c(=O)n(-c4c(C)ccnc4C(C)C)c4nc(-c5c(O)cccc5F)c(F)cc34)N(C)C(=O)C2C1. The van der Waals surface area contributed by atoms with Gasteiger partial charge in [0, 0.05) is 31.2 Å². The van der Waals surface area contributed by atoms with E-state index in [-0.39, 0.29) is 47.3 Å². The molecule has 0 spiro atoms. The van der Waals surface area contributed by atoms with Crippen molar-refractivity contribution in [3.8, 4) is 22.7 Å². The Hall–Kier alpha value is -5.13. The van der Waals surface area contributed by atoms with Gasteiger partial charge in [-0.15, -0.1) is 0 Å². The normalized spacial score (nSPS) is 18.0. The van der Waals surface area contributed by atoms with E-state index in [1.807, 2.05) is 20.8 Å². The van der Waals surface area contributed by atoms with Crippen LogP contribution in [0.15, 0.2) is 54.0 Å². The van der Waals surface area contributed by atoms with Gasteiger partial charge >= 0.3 is 0 Å². The van der Waals surface area contributed by atoms with Crippen LogP contribution in [0, 0.1) is 18.6 Å². The molecule has 2 aliphatic rings. The highest BCUT2D eigenvalue weighted by molar-refractivity contribution is 6.12. The van der Waals surface area contributed by atoms with E-state index in [4.69, 9.17) is 0 Å². The van der Waals surface area contributed by atoms with Crippen molar-refractivity contribution in [1.82, 2.24) is 19.4 Å². The van der Waals surface area contributed by atoms with Gasteiger partial charge in [-0.25, -0.2) is 13.8 Å². The summed E-state index contributed by atoms with van der Waals surface area (Å²) in [6.07, 6.45) is 2.81. The minimum Gasteiger partial charge on any atom is -0.507 e. The fourth-order valence-corrected chi connectivity index (χ4v) is 6.53. The van der Waals surface area contributed by atoms with Crippen LogP contribution in [0.3, 0.4) is 0 Å². The van der Waals surface area contributed by atoms with Crippen molar-refractivity contribution in [2.45, 2.75) is 45.7 Å². The van der Waals surface area contributed by atoms with Crippen molar-refractivity contribution in [2.75, 3.05) is 29.9 Å². The zero-order valence-electron chi connectivity index (χ0n) is 25.5. The third-order valence-electron chi connectivity index (χ3n) is 8.59. The summed E-state index contributed by atoms with van der Waals surface area (Å²) in [6.45, 7) is 11.3. The highest BCUT2D eigenvalue weighted by Gasteiger charge is 2.47. The van der Waals surface area contributed by atoms with E-state index in [1.54, 1.807) is 24.1 Å². The number of anilines is 2. The van der Waals surface area contributed by atoms with Gasteiger partial charge in [-0.05, 0) is 55.7 Å². The number of pyridine rings is 3. The van der Waals surface area contributed by atoms with Gasteiger partial charge < -0.3 is 19.8 Å². The van der Waals surface area contributed by atoms with Gasteiger partial charge in [0.15, 0.2) is 11.5 Å². The van der Waals surface area contributed by atoms with E-state index >= 15 is 8.78 Å². The number of aryl methyl sites for hydroxylation is 1. The second-order valence-electron chi connectivity index (χ2n) is 11.8. The number of hydrogen-bond donors (Lipinski definition) is 1. The summed E-state index contributed by atoms with van der Waals surface area (Å²) in [6, 6.07) is 5.15. The Morgan fingerprint density at radius 1 is 1.11 bits per heavy atom. The molecule has 45 heavy (non-hydrogen) atoms. The molecule has 0 bridgehead atoms. The Kier molecular flexibility index (Phi) is 7.18. The highest BCUT2D eigenvalue weighted by atomic mass is 19.1. The largest absolute Gasteiger partial charge is 0.507 e. The molecule has 3 aromatic heterocycles. The summed E-state index contributed by atoms with van der Waals surface area (Å²) in [5, 5.41) is 10.8. The third-order valence-corrected chi connectivity index (χ3v) is 8.59. The van der Waals surface area contributed by atoms with Crippen LogP contribution < -0.4 is 15.4 Å². The smallest absolute Gasteiger partial charge is 0.283 e. The predicted octanol–water partition coefficient (Wildman–Crippen LogP) is 4.43. The molecule has 0 saturated carbocycles. The molecule has 4 aromatic rings. The molecule has 5 heterocycles. The lowest BCUT2D eigenvalue weighted by atomic mass is 9.97. The first-order valence-corrected chi connectivity index (χ1v) is 14.6. The van der Waals surface area contributed by atoms with Gasteiger partial charge in [0.25, 0.3) is 11.5 Å². The maximum atomic E-state index is 16.2. The number of piperazine rings is 1. The molecule has 1 saturated heterocycles. The van der Waals surface area contributed by atoms with Crippen molar-refractivity contribution < 1.29 is 23.5 Å². The van der Waals surface area contributed by atoms with E-state index in [2.05, 4.69) is 16.5 Å². The van der Waals surface area contributed by atoms with Crippen molar-refractivity contribution in [1.29, 1.82) is 0 Å². The number of amides is 2. The number of carbonyl (C=O) groups is 2. The van der Waals surface area contributed by atoms with Crippen molar-refractivity contribution >= 4 is 34.2 Å². The summed E-state index contributed by atoms with van der Waals surface area (Å²) in [4.78, 5) is 54.8. The average Bonchev–Trinajstić information content (AvgIpc) is 2.99. The number of fused-ring (bicyclic) bond motifs is 5. The highest BCUT2D eigenvalue weighted by Crippen LogP contribution is 2.44. The maximum Gasteiger partial charge on any atom is 0.283 e. The van der Waals surface area contributed by atoms with Crippen molar-refractivity contribution in [3.63, 3.8) is 0 Å². The molecule has 6 rings (SSSR count). The molecule has 2 aliphatic heterocycles. The molecule has 1 N–H and O–H groups in total. The zero-order valence-corrected chi connectivity index (χ0v) is 25.5. The topological polar surface area (TPSA) is 112 Å². The van der Waals surface area contributed by atoms with Crippen LogP contribution in [0.5, 0.6) is 5.75 Å². The number of hydrogen-bond acceptors (Lipinski definition) is 7. The predicted molar refractivity (Wildman–Crippen MR) is 167 cm³/mol. The lowest BCUT2D eigenvalue weighted by molar-refractivity contribution is -0.129.